The Bertz CT molecular complexity index is 735. The standard InChI is InChI=1S/C14H8ClNO4/c15-8-1-4-11-12(5-8)16(14(19)13(11)18)6-9-2-3-10(7-17)20-9/h1-5,7H,6H2. The first-order valence-electron chi connectivity index (χ1n) is 5.80. The molecule has 1 aromatic heterocycles. The summed E-state index contributed by atoms with van der Waals surface area (Å²) >= 11 is 5.89. The predicted octanol–water partition coefficient (Wildman–Crippen LogP) is 2.48. The van der Waals surface area contributed by atoms with E-state index in [0.29, 0.717) is 28.3 Å². The Morgan fingerprint density at radius 2 is 2.00 bits per heavy atom. The first-order valence-corrected chi connectivity index (χ1v) is 6.17. The third-order valence-corrected chi connectivity index (χ3v) is 3.28. The molecule has 0 unspecified atom stereocenters. The molecule has 0 radical (unpaired) electrons. The van der Waals surface area contributed by atoms with Crippen LogP contribution in [0.1, 0.15) is 26.7 Å². The Hall–Kier alpha value is -2.40. The first kappa shape index (κ1) is 12.6. The van der Waals surface area contributed by atoms with Gasteiger partial charge in [0.15, 0.2) is 12.0 Å². The molecule has 0 saturated heterocycles. The Labute approximate surface area is 118 Å². The smallest absolute Gasteiger partial charge is 0.299 e. The second kappa shape index (κ2) is 4.61. The van der Waals surface area contributed by atoms with Crippen LogP contribution in [-0.2, 0) is 11.3 Å². The maximum atomic E-state index is 12.0. The number of furan rings is 1. The van der Waals surface area contributed by atoms with Gasteiger partial charge in [-0.1, -0.05) is 11.6 Å². The highest BCUT2D eigenvalue weighted by molar-refractivity contribution is 6.52. The van der Waals surface area contributed by atoms with E-state index in [-0.39, 0.29) is 12.3 Å². The molecule has 0 aliphatic carbocycles. The molecule has 2 aromatic rings. The minimum Gasteiger partial charge on any atom is -0.456 e. The summed E-state index contributed by atoms with van der Waals surface area (Å²) in [5.74, 6) is -0.615. The van der Waals surface area contributed by atoms with Crippen molar-refractivity contribution in [1.29, 1.82) is 0 Å². The van der Waals surface area contributed by atoms with Gasteiger partial charge in [0.05, 0.1) is 17.8 Å². The zero-order valence-corrected chi connectivity index (χ0v) is 10.9. The number of carbonyl (C=O) groups excluding carboxylic acids is 3. The molecule has 20 heavy (non-hydrogen) atoms. The van der Waals surface area contributed by atoms with E-state index in [2.05, 4.69) is 0 Å². The molecular formula is C14H8ClNO4. The molecule has 1 aromatic carbocycles. The molecule has 1 aliphatic rings. The van der Waals surface area contributed by atoms with Gasteiger partial charge in [-0.2, -0.15) is 0 Å². The van der Waals surface area contributed by atoms with Crippen molar-refractivity contribution in [3.63, 3.8) is 0 Å². The van der Waals surface area contributed by atoms with Crippen molar-refractivity contribution in [2.45, 2.75) is 6.54 Å². The summed E-state index contributed by atoms with van der Waals surface area (Å²) in [5, 5.41) is 0.435. The van der Waals surface area contributed by atoms with Crippen molar-refractivity contribution in [3.8, 4) is 0 Å². The SMILES string of the molecule is O=Cc1ccc(CN2C(=O)C(=O)c3ccc(Cl)cc32)o1. The topological polar surface area (TPSA) is 67.6 Å². The normalized spacial score (nSPS) is 13.8. The fraction of sp³-hybridized carbons (Fsp3) is 0.0714. The number of halogens is 1. The van der Waals surface area contributed by atoms with E-state index in [1.54, 1.807) is 18.2 Å². The Balaban J connectivity index is 1.98. The van der Waals surface area contributed by atoms with Crippen molar-refractivity contribution in [2.24, 2.45) is 0 Å². The van der Waals surface area contributed by atoms with Gasteiger partial charge in [-0.3, -0.25) is 19.3 Å². The lowest BCUT2D eigenvalue weighted by atomic mass is 10.1. The summed E-state index contributed by atoms with van der Waals surface area (Å²) in [6.07, 6.45) is 0.575. The lowest BCUT2D eigenvalue weighted by Crippen LogP contribution is -2.28. The summed E-state index contributed by atoms with van der Waals surface area (Å²) in [6, 6.07) is 7.74. The average Bonchev–Trinajstić information content (AvgIpc) is 2.98. The van der Waals surface area contributed by atoms with Crippen LogP contribution in [0.2, 0.25) is 5.02 Å². The van der Waals surface area contributed by atoms with Crippen LogP contribution in [0.15, 0.2) is 34.7 Å². The maximum Gasteiger partial charge on any atom is 0.299 e. The fourth-order valence-electron chi connectivity index (χ4n) is 2.12. The summed E-state index contributed by atoms with van der Waals surface area (Å²) in [6.45, 7) is 0.0752. The van der Waals surface area contributed by atoms with Crippen molar-refractivity contribution >= 4 is 35.3 Å². The van der Waals surface area contributed by atoms with E-state index < -0.39 is 11.7 Å². The molecule has 1 aliphatic heterocycles. The van der Waals surface area contributed by atoms with Crippen LogP contribution in [0.5, 0.6) is 0 Å². The lowest BCUT2D eigenvalue weighted by Gasteiger charge is -2.14. The lowest BCUT2D eigenvalue weighted by molar-refractivity contribution is -0.114. The number of anilines is 1. The van der Waals surface area contributed by atoms with Crippen LogP contribution >= 0.6 is 11.6 Å². The number of hydrogen-bond acceptors (Lipinski definition) is 4. The van der Waals surface area contributed by atoms with E-state index in [0.717, 1.165) is 0 Å². The third kappa shape index (κ3) is 1.92. The summed E-state index contributed by atoms with van der Waals surface area (Å²) in [4.78, 5) is 35.7. The summed E-state index contributed by atoms with van der Waals surface area (Å²) in [5.41, 5.74) is 0.776. The molecule has 0 spiro atoms. The van der Waals surface area contributed by atoms with E-state index >= 15 is 0 Å². The molecule has 0 atom stereocenters. The molecule has 2 heterocycles. The molecule has 100 valence electrons. The second-order valence-corrected chi connectivity index (χ2v) is 4.74. The van der Waals surface area contributed by atoms with Crippen LogP contribution in [0.25, 0.3) is 0 Å². The number of Topliss-reactive ketones (excluding diaryl/α,β-unsaturated/α-hetero) is 1. The number of amides is 1. The molecule has 6 heteroatoms. The minimum atomic E-state index is -0.633. The largest absolute Gasteiger partial charge is 0.456 e. The highest BCUT2D eigenvalue weighted by atomic mass is 35.5. The number of ketones is 1. The Morgan fingerprint density at radius 1 is 1.20 bits per heavy atom. The van der Waals surface area contributed by atoms with Gasteiger partial charge in [0.25, 0.3) is 11.7 Å². The highest BCUT2D eigenvalue weighted by Gasteiger charge is 2.36. The van der Waals surface area contributed by atoms with Gasteiger partial charge in [0.1, 0.15) is 5.76 Å². The number of carbonyl (C=O) groups is 3. The molecule has 0 N–H and O–H groups in total. The number of aldehydes is 1. The molecule has 3 rings (SSSR count). The Morgan fingerprint density at radius 3 is 2.70 bits per heavy atom. The van der Waals surface area contributed by atoms with Crippen molar-refractivity contribution in [3.05, 3.63) is 52.4 Å². The van der Waals surface area contributed by atoms with Gasteiger partial charge in [-0.25, -0.2) is 0 Å². The van der Waals surface area contributed by atoms with E-state index in [1.165, 1.54) is 17.0 Å². The van der Waals surface area contributed by atoms with Crippen LogP contribution in [0.3, 0.4) is 0 Å². The molecule has 5 nitrogen and oxygen atoms in total. The zero-order valence-electron chi connectivity index (χ0n) is 10.1. The van der Waals surface area contributed by atoms with E-state index in [1.807, 2.05) is 0 Å². The van der Waals surface area contributed by atoms with Crippen molar-refractivity contribution in [1.82, 2.24) is 0 Å². The molecule has 0 bridgehead atoms. The van der Waals surface area contributed by atoms with Gasteiger partial charge in [-0.05, 0) is 30.3 Å². The molecule has 0 saturated carbocycles. The maximum absolute atomic E-state index is 12.0. The average molecular weight is 290 g/mol. The van der Waals surface area contributed by atoms with Crippen molar-refractivity contribution in [2.75, 3.05) is 4.90 Å². The van der Waals surface area contributed by atoms with Crippen LogP contribution in [0, 0.1) is 0 Å². The van der Waals surface area contributed by atoms with Gasteiger partial charge < -0.3 is 4.42 Å². The van der Waals surface area contributed by atoms with Crippen LogP contribution in [-0.4, -0.2) is 18.0 Å². The monoisotopic (exact) mass is 289 g/mol. The van der Waals surface area contributed by atoms with Gasteiger partial charge in [0.2, 0.25) is 0 Å². The predicted molar refractivity (Wildman–Crippen MR) is 71.1 cm³/mol. The summed E-state index contributed by atoms with van der Waals surface area (Å²) < 4.78 is 5.22. The van der Waals surface area contributed by atoms with Gasteiger partial charge in [-0.15, -0.1) is 0 Å². The second-order valence-electron chi connectivity index (χ2n) is 4.30. The summed E-state index contributed by atoms with van der Waals surface area (Å²) in [7, 11) is 0. The molecular weight excluding hydrogens is 282 g/mol. The van der Waals surface area contributed by atoms with Gasteiger partial charge in [0, 0.05) is 5.02 Å². The number of nitrogens with zero attached hydrogens (tertiary/aromatic N) is 1. The van der Waals surface area contributed by atoms with E-state index in [9.17, 15) is 14.4 Å². The number of hydrogen-bond donors (Lipinski definition) is 0. The van der Waals surface area contributed by atoms with E-state index in [4.69, 9.17) is 16.0 Å². The third-order valence-electron chi connectivity index (χ3n) is 3.05. The molecule has 0 fully saturated rings. The van der Waals surface area contributed by atoms with Crippen LogP contribution < -0.4 is 4.90 Å². The van der Waals surface area contributed by atoms with Gasteiger partial charge >= 0.3 is 0 Å². The van der Waals surface area contributed by atoms with Crippen molar-refractivity contribution < 1.29 is 18.8 Å². The zero-order chi connectivity index (χ0) is 14.3. The Kier molecular flexibility index (Phi) is 2.91. The minimum absolute atomic E-state index is 0.0752. The number of benzene rings is 1. The number of fused-ring (bicyclic) bond motifs is 1. The fourth-order valence-corrected chi connectivity index (χ4v) is 2.29. The number of rotatable bonds is 3. The van der Waals surface area contributed by atoms with Crippen LogP contribution in [0.4, 0.5) is 5.69 Å². The highest BCUT2D eigenvalue weighted by Crippen LogP contribution is 2.32. The quantitative estimate of drug-likeness (QED) is 0.643. The molecule has 1 amide bonds. The first-order chi connectivity index (χ1) is 9.60.